The standard InChI is InChI=1S/C29H29ClN4O3/c1-37-27-5-3-2-4-25(27)28(35)33-23-12-15-26(30)21(16-23)18-34(24-13-10-22(32)11-14-24)29(36)20-8-6-19(17-31)7-9-20/h2-9,12,15-16,22,24H,10-11,13-14,18,32H2,1H3,(H,33,35). The van der Waals surface area contributed by atoms with E-state index in [1.54, 1.807) is 66.7 Å². The maximum absolute atomic E-state index is 13.6. The van der Waals surface area contributed by atoms with E-state index in [1.807, 2.05) is 4.90 Å². The average molecular weight is 517 g/mol. The molecule has 3 aromatic carbocycles. The van der Waals surface area contributed by atoms with Crippen LogP contribution >= 0.6 is 11.6 Å². The normalized spacial score (nSPS) is 16.9. The number of carbonyl (C=O) groups excluding carboxylic acids is 2. The molecule has 0 aromatic heterocycles. The number of benzene rings is 3. The number of rotatable bonds is 7. The lowest BCUT2D eigenvalue weighted by Gasteiger charge is -2.36. The third-order valence-corrected chi connectivity index (χ3v) is 7.07. The molecule has 3 N–H and O–H groups in total. The van der Waals surface area contributed by atoms with Crippen molar-refractivity contribution in [3.63, 3.8) is 0 Å². The van der Waals surface area contributed by atoms with Crippen LogP contribution in [0, 0.1) is 11.3 Å². The number of hydrogen-bond acceptors (Lipinski definition) is 5. The molecule has 7 nitrogen and oxygen atoms in total. The molecule has 0 saturated heterocycles. The molecule has 1 saturated carbocycles. The van der Waals surface area contributed by atoms with Crippen LogP contribution in [0.4, 0.5) is 5.69 Å². The van der Waals surface area contributed by atoms with Gasteiger partial charge < -0.3 is 20.7 Å². The maximum atomic E-state index is 13.6. The molecule has 3 aromatic rings. The van der Waals surface area contributed by atoms with E-state index in [2.05, 4.69) is 11.4 Å². The quantitative estimate of drug-likeness (QED) is 0.438. The minimum atomic E-state index is -0.308. The zero-order valence-corrected chi connectivity index (χ0v) is 21.4. The number of carbonyl (C=O) groups is 2. The van der Waals surface area contributed by atoms with E-state index in [4.69, 9.17) is 27.3 Å². The molecule has 8 heteroatoms. The Hall–Kier alpha value is -3.86. The molecule has 190 valence electrons. The van der Waals surface area contributed by atoms with Crippen LogP contribution in [0.25, 0.3) is 0 Å². The number of hydrogen-bond donors (Lipinski definition) is 2. The molecule has 0 heterocycles. The second kappa shape index (κ2) is 11.9. The monoisotopic (exact) mass is 516 g/mol. The molecule has 37 heavy (non-hydrogen) atoms. The van der Waals surface area contributed by atoms with Gasteiger partial charge in [0, 0.05) is 34.9 Å². The number of nitriles is 1. The van der Waals surface area contributed by atoms with Gasteiger partial charge in [0.1, 0.15) is 5.75 Å². The zero-order chi connectivity index (χ0) is 26.4. The number of nitrogens with zero attached hydrogens (tertiary/aromatic N) is 2. The smallest absolute Gasteiger partial charge is 0.259 e. The fourth-order valence-corrected chi connectivity index (χ4v) is 4.80. The molecular weight excluding hydrogens is 488 g/mol. The number of methoxy groups -OCH3 is 1. The third kappa shape index (κ3) is 6.29. The summed E-state index contributed by atoms with van der Waals surface area (Å²) in [5.41, 5.74) is 8.82. The summed E-state index contributed by atoms with van der Waals surface area (Å²) in [5.74, 6) is 0.0332. The van der Waals surface area contributed by atoms with E-state index in [0.717, 1.165) is 31.2 Å². The molecule has 2 amide bonds. The number of nitrogens with one attached hydrogen (secondary N) is 1. The van der Waals surface area contributed by atoms with Gasteiger partial charge in [-0.2, -0.15) is 5.26 Å². The molecule has 0 atom stereocenters. The van der Waals surface area contributed by atoms with Crippen LogP contribution in [0.2, 0.25) is 5.02 Å². The van der Waals surface area contributed by atoms with Crippen molar-refractivity contribution in [3.05, 3.63) is 94.0 Å². The Morgan fingerprint density at radius 1 is 1.08 bits per heavy atom. The number of halogens is 1. The Morgan fingerprint density at radius 3 is 2.46 bits per heavy atom. The number of nitrogens with two attached hydrogens (primary N) is 1. The van der Waals surface area contributed by atoms with Crippen LogP contribution in [0.5, 0.6) is 5.75 Å². The van der Waals surface area contributed by atoms with E-state index in [0.29, 0.717) is 33.1 Å². The van der Waals surface area contributed by atoms with E-state index < -0.39 is 0 Å². The SMILES string of the molecule is COc1ccccc1C(=O)Nc1ccc(Cl)c(CN(C(=O)c2ccc(C#N)cc2)C2CCC(N)CC2)c1. The van der Waals surface area contributed by atoms with Crippen molar-refractivity contribution in [1.29, 1.82) is 5.26 Å². The fraction of sp³-hybridized carbons (Fsp3) is 0.276. The van der Waals surface area contributed by atoms with Crippen LogP contribution in [-0.2, 0) is 6.54 Å². The molecule has 1 fully saturated rings. The molecule has 0 unspecified atom stereocenters. The van der Waals surface area contributed by atoms with Crippen molar-refractivity contribution in [2.75, 3.05) is 12.4 Å². The van der Waals surface area contributed by atoms with E-state index in [-0.39, 0.29) is 30.4 Å². The van der Waals surface area contributed by atoms with Gasteiger partial charge >= 0.3 is 0 Å². The predicted molar refractivity (Wildman–Crippen MR) is 144 cm³/mol. The van der Waals surface area contributed by atoms with Crippen molar-refractivity contribution in [3.8, 4) is 11.8 Å². The van der Waals surface area contributed by atoms with Crippen molar-refractivity contribution in [2.24, 2.45) is 5.73 Å². The summed E-state index contributed by atoms with van der Waals surface area (Å²) < 4.78 is 5.30. The molecule has 0 spiro atoms. The topological polar surface area (TPSA) is 108 Å². The van der Waals surface area contributed by atoms with Crippen LogP contribution in [0.1, 0.15) is 57.5 Å². The zero-order valence-electron chi connectivity index (χ0n) is 20.6. The largest absolute Gasteiger partial charge is 0.496 e. The predicted octanol–water partition coefficient (Wildman–Crippen LogP) is 5.38. The highest BCUT2D eigenvalue weighted by Crippen LogP contribution is 2.29. The van der Waals surface area contributed by atoms with Gasteiger partial charge in [0.05, 0.1) is 24.3 Å². The minimum absolute atomic E-state index is 0.00540. The first kappa shape index (κ1) is 26.2. The van der Waals surface area contributed by atoms with Crippen molar-refractivity contribution >= 4 is 29.1 Å². The number of para-hydroxylation sites is 1. The molecule has 0 aliphatic heterocycles. The van der Waals surface area contributed by atoms with Crippen molar-refractivity contribution < 1.29 is 14.3 Å². The summed E-state index contributed by atoms with van der Waals surface area (Å²) in [6.07, 6.45) is 3.27. The lowest BCUT2D eigenvalue weighted by molar-refractivity contribution is 0.0606. The van der Waals surface area contributed by atoms with Crippen LogP contribution < -0.4 is 15.8 Å². The van der Waals surface area contributed by atoms with E-state index in [1.165, 1.54) is 7.11 Å². The van der Waals surface area contributed by atoms with Gasteiger partial charge in [0.15, 0.2) is 0 Å². The highest BCUT2D eigenvalue weighted by atomic mass is 35.5. The molecule has 1 aliphatic carbocycles. The van der Waals surface area contributed by atoms with Gasteiger partial charge in [-0.3, -0.25) is 9.59 Å². The van der Waals surface area contributed by atoms with Gasteiger partial charge in [-0.15, -0.1) is 0 Å². The number of amides is 2. The Labute approximate surface area is 221 Å². The molecule has 1 aliphatic rings. The summed E-state index contributed by atoms with van der Waals surface area (Å²) in [4.78, 5) is 28.4. The van der Waals surface area contributed by atoms with Crippen molar-refractivity contribution in [2.45, 2.75) is 44.3 Å². The van der Waals surface area contributed by atoms with E-state index in [9.17, 15) is 9.59 Å². The van der Waals surface area contributed by atoms with Crippen molar-refractivity contribution in [1.82, 2.24) is 4.90 Å². The minimum Gasteiger partial charge on any atom is -0.496 e. The van der Waals surface area contributed by atoms with Crippen LogP contribution in [0.15, 0.2) is 66.7 Å². The highest BCUT2D eigenvalue weighted by molar-refractivity contribution is 6.31. The first-order valence-electron chi connectivity index (χ1n) is 12.2. The van der Waals surface area contributed by atoms with Gasteiger partial charge in [-0.05, 0) is 85.8 Å². The first-order valence-corrected chi connectivity index (χ1v) is 12.6. The lowest BCUT2D eigenvalue weighted by Crippen LogP contribution is -2.44. The summed E-state index contributed by atoms with van der Waals surface area (Å²) in [7, 11) is 1.52. The van der Waals surface area contributed by atoms with Gasteiger partial charge in [-0.1, -0.05) is 23.7 Å². The first-order chi connectivity index (χ1) is 17.9. The summed E-state index contributed by atoms with van der Waals surface area (Å²) in [6.45, 7) is 0.274. The molecular formula is C29H29ClN4O3. The Balaban J connectivity index is 1.60. The second-order valence-corrected chi connectivity index (χ2v) is 9.56. The Bertz CT molecular complexity index is 1310. The number of anilines is 1. The fourth-order valence-electron chi connectivity index (χ4n) is 4.62. The molecule has 0 radical (unpaired) electrons. The number of ether oxygens (including phenoxy) is 1. The van der Waals surface area contributed by atoms with Gasteiger partial charge in [-0.25, -0.2) is 0 Å². The van der Waals surface area contributed by atoms with Gasteiger partial charge in [0.25, 0.3) is 11.8 Å². The third-order valence-electron chi connectivity index (χ3n) is 6.70. The summed E-state index contributed by atoms with van der Waals surface area (Å²) in [5, 5.41) is 12.5. The lowest BCUT2D eigenvalue weighted by atomic mass is 9.90. The highest BCUT2D eigenvalue weighted by Gasteiger charge is 2.29. The van der Waals surface area contributed by atoms with Gasteiger partial charge in [0.2, 0.25) is 0 Å². The second-order valence-electron chi connectivity index (χ2n) is 9.15. The maximum Gasteiger partial charge on any atom is 0.259 e. The average Bonchev–Trinajstić information content (AvgIpc) is 2.93. The van der Waals surface area contributed by atoms with Crippen LogP contribution in [-0.4, -0.2) is 35.9 Å². The Morgan fingerprint density at radius 2 is 1.78 bits per heavy atom. The Kier molecular flexibility index (Phi) is 8.44. The molecule has 4 rings (SSSR count). The summed E-state index contributed by atoms with van der Waals surface area (Å²) in [6, 6.07) is 21.1. The summed E-state index contributed by atoms with van der Waals surface area (Å²) >= 11 is 6.57. The van der Waals surface area contributed by atoms with Crippen LogP contribution in [0.3, 0.4) is 0 Å². The molecule has 0 bridgehead atoms. The van der Waals surface area contributed by atoms with E-state index >= 15 is 0 Å².